The minimum Gasteiger partial charge on any atom is -0.325 e. The Balaban J connectivity index is 3.24. The molecule has 0 aromatic heterocycles. The molecule has 0 bridgehead atoms. The molecule has 0 heterocycles. The van der Waals surface area contributed by atoms with Crippen molar-refractivity contribution in [3.8, 4) is 0 Å². The van der Waals surface area contributed by atoms with Crippen molar-refractivity contribution in [3.63, 3.8) is 0 Å². The Hall–Kier alpha value is -1.40. The molecule has 0 unspecified atom stereocenters. The van der Waals surface area contributed by atoms with Crippen LogP contribution in [-0.4, -0.2) is 21.4 Å². The number of carbonyl (C=O) groups excluding carboxylic acids is 1. The zero-order chi connectivity index (χ0) is 11.5. The van der Waals surface area contributed by atoms with E-state index in [1.54, 1.807) is 12.1 Å². The zero-order valence-corrected chi connectivity index (χ0v) is 9.26. The molecule has 0 radical (unpaired) electrons. The van der Waals surface area contributed by atoms with Crippen LogP contribution in [0.15, 0.2) is 29.2 Å². The Morgan fingerprint density at radius 1 is 1.27 bits per heavy atom. The second kappa shape index (κ2) is 4.41. The van der Waals surface area contributed by atoms with Gasteiger partial charge in [0.05, 0.1) is 5.69 Å². The number of hydrogen-bond donors (Lipinski definition) is 2. The van der Waals surface area contributed by atoms with Crippen LogP contribution in [0.25, 0.3) is 0 Å². The van der Waals surface area contributed by atoms with E-state index in [0.717, 1.165) is 0 Å². The van der Waals surface area contributed by atoms with Crippen LogP contribution in [0.4, 0.5) is 5.69 Å². The molecule has 0 atom stereocenters. The van der Waals surface area contributed by atoms with Gasteiger partial charge in [-0.25, -0.2) is 13.1 Å². The molecule has 2 N–H and O–H groups in total. The largest absolute Gasteiger partial charge is 0.325 e. The van der Waals surface area contributed by atoms with Crippen molar-refractivity contribution in [2.75, 3.05) is 12.4 Å². The van der Waals surface area contributed by atoms with Gasteiger partial charge in [0.1, 0.15) is 4.90 Å². The summed E-state index contributed by atoms with van der Waals surface area (Å²) in [6.07, 6.45) is 0. The highest BCUT2D eigenvalue weighted by Gasteiger charge is 2.16. The van der Waals surface area contributed by atoms with Gasteiger partial charge in [-0.3, -0.25) is 4.79 Å². The SMILES string of the molecule is CNS(=O)(=O)c1ccccc1NC(C)=O. The summed E-state index contributed by atoms with van der Waals surface area (Å²) < 4.78 is 25.3. The Kier molecular flexibility index (Phi) is 3.43. The minimum atomic E-state index is -3.54. The van der Waals surface area contributed by atoms with Crippen molar-refractivity contribution in [3.05, 3.63) is 24.3 Å². The average Bonchev–Trinajstić information content (AvgIpc) is 2.17. The zero-order valence-electron chi connectivity index (χ0n) is 8.44. The number of carbonyl (C=O) groups is 1. The smallest absolute Gasteiger partial charge is 0.242 e. The normalized spacial score (nSPS) is 11.1. The lowest BCUT2D eigenvalue weighted by Gasteiger charge is -2.09. The summed E-state index contributed by atoms with van der Waals surface area (Å²) in [5.74, 6) is -0.311. The van der Waals surface area contributed by atoms with Gasteiger partial charge in [0, 0.05) is 6.92 Å². The van der Waals surface area contributed by atoms with E-state index < -0.39 is 10.0 Å². The van der Waals surface area contributed by atoms with Gasteiger partial charge in [-0.1, -0.05) is 12.1 Å². The molecule has 1 aromatic rings. The van der Waals surface area contributed by atoms with E-state index in [0.29, 0.717) is 0 Å². The molecule has 0 saturated heterocycles. The molecule has 6 heteroatoms. The molecular formula is C9H12N2O3S. The summed E-state index contributed by atoms with van der Waals surface area (Å²) in [5, 5.41) is 2.46. The first-order valence-electron chi connectivity index (χ1n) is 4.27. The Morgan fingerprint density at radius 3 is 2.40 bits per heavy atom. The second-order valence-corrected chi connectivity index (χ2v) is 4.74. The van der Waals surface area contributed by atoms with Gasteiger partial charge in [-0.15, -0.1) is 0 Å². The lowest BCUT2D eigenvalue weighted by atomic mass is 10.3. The fourth-order valence-electron chi connectivity index (χ4n) is 1.10. The summed E-state index contributed by atoms with van der Waals surface area (Å²) in [4.78, 5) is 10.9. The number of para-hydroxylation sites is 1. The van der Waals surface area contributed by atoms with Crippen molar-refractivity contribution >= 4 is 21.6 Å². The molecule has 1 aromatic carbocycles. The van der Waals surface area contributed by atoms with Crippen LogP contribution in [-0.2, 0) is 14.8 Å². The third-order valence-electron chi connectivity index (χ3n) is 1.76. The number of rotatable bonds is 3. The van der Waals surface area contributed by atoms with Crippen LogP contribution >= 0.6 is 0 Å². The number of hydrogen-bond acceptors (Lipinski definition) is 3. The maximum absolute atomic E-state index is 11.5. The first kappa shape index (κ1) is 11.7. The molecule has 82 valence electrons. The van der Waals surface area contributed by atoms with E-state index >= 15 is 0 Å². The van der Waals surface area contributed by atoms with E-state index in [1.165, 1.54) is 26.1 Å². The molecule has 0 aliphatic heterocycles. The summed E-state index contributed by atoms with van der Waals surface area (Å²) in [7, 11) is -2.22. The summed E-state index contributed by atoms with van der Waals surface area (Å²) in [6, 6.07) is 6.21. The van der Waals surface area contributed by atoms with Crippen molar-refractivity contribution in [2.24, 2.45) is 0 Å². The molecule has 0 fully saturated rings. The van der Waals surface area contributed by atoms with Crippen molar-refractivity contribution < 1.29 is 13.2 Å². The van der Waals surface area contributed by atoms with Gasteiger partial charge in [0.25, 0.3) is 0 Å². The highest BCUT2D eigenvalue weighted by atomic mass is 32.2. The highest BCUT2D eigenvalue weighted by Crippen LogP contribution is 2.19. The first-order chi connectivity index (χ1) is 6.97. The van der Waals surface area contributed by atoms with Crippen molar-refractivity contribution in [1.29, 1.82) is 0 Å². The lowest BCUT2D eigenvalue weighted by Crippen LogP contribution is -2.20. The van der Waals surface area contributed by atoms with Crippen molar-refractivity contribution in [2.45, 2.75) is 11.8 Å². The monoisotopic (exact) mass is 228 g/mol. The topological polar surface area (TPSA) is 75.3 Å². The van der Waals surface area contributed by atoms with Gasteiger partial charge >= 0.3 is 0 Å². The van der Waals surface area contributed by atoms with Crippen LogP contribution in [0, 0.1) is 0 Å². The van der Waals surface area contributed by atoms with Gasteiger partial charge in [-0.05, 0) is 19.2 Å². The molecule has 15 heavy (non-hydrogen) atoms. The van der Waals surface area contributed by atoms with E-state index in [1.807, 2.05) is 0 Å². The Labute approximate surface area is 88.5 Å². The fraction of sp³-hybridized carbons (Fsp3) is 0.222. The maximum atomic E-state index is 11.5. The van der Waals surface area contributed by atoms with Crippen molar-refractivity contribution in [1.82, 2.24) is 4.72 Å². The van der Waals surface area contributed by atoms with Crippen LogP contribution in [0.5, 0.6) is 0 Å². The van der Waals surface area contributed by atoms with E-state index in [2.05, 4.69) is 10.0 Å². The van der Waals surface area contributed by atoms with Crippen LogP contribution in [0.2, 0.25) is 0 Å². The first-order valence-corrected chi connectivity index (χ1v) is 5.76. The molecular weight excluding hydrogens is 216 g/mol. The molecule has 1 amide bonds. The maximum Gasteiger partial charge on any atom is 0.242 e. The average molecular weight is 228 g/mol. The number of benzene rings is 1. The fourth-order valence-corrected chi connectivity index (χ4v) is 1.99. The molecule has 5 nitrogen and oxygen atoms in total. The molecule has 0 aliphatic carbocycles. The Morgan fingerprint density at radius 2 is 1.87 bits per heavy atom. The molecule has 0 saturated carbocycles. The van der Waals surface area contributed by atoms with Gasteiger partial charge < -0.3 is 5.32 Å². The quantitative estimate of drug-likeness (QED) is 0.793. The molecule has 0 aliphatic rings. The Bertz CT molecular complexity index is 468. The van der Waals surface area contributed by atoms with Gasteiger partial charge in [-0.2, -0.15) is 0 Å². The third-order valence-corrected chi connectivity index (χ3v) is 3.23. The predicted molar refractivity (Wildman–Crippen MR) is 57.0 cm³/mol. The molecule has 0 spiro atoms. The predicted octanol–water partition coefficient (Wildman–Crippen LogP) is 0.553. The molecule has 1 rings (SSSR count). The van der Waals surface area contributed by atoms with E-state index in [9.17, 15) is 13.2 Å². The number of amides is 1. The van der Waals surface area contributed by atoms with E-state index in [4.69, 9.17) is 0 Å². The lowest BCUT2D eigenvalue weighted by molar-refractivity contribution is -0.114. The third kappa shape index (κ3) is 2.77. The van der Waals surface area contributed by atoms with Crippen LogP contribution < -0.4 is 10.0 Å². The standard InChI is InChI=1S/C9H12N2O3S/c1-7(12)11-8-5-3-4-6-9(8)15(13,14)10-2/h3-6,10H,1-2H3,(H,11,12). The van der Waals surface area contributed by atoms with Crippen LogP contribution in [0.3, 0.4) is 0 Å². The minimum absolute atomic E-state index is 0.0581. The summed E-state index contributed by atoms with van der Waals surface area (Å²) >= 11 is 0. The van der Waals surface area contributed by atoms with Gasteiger partial charge in [0.15, 0.2) is 0 Å². The summed E-state index contributed by atoms with van der Waals surface area (Å²) in [6.45, 7) is 1.32. The summed E-state index contributed by atoms with van der Waals surface area (Å²) in [5.41, 5.74) is 0.277. The number of anilines is 1. The second-order valence-electron chi connectivity index (χ2n) is 2.88. The van der Waals surface area contributed by atoms with E-state index in [-0.39, 0.29) is 16.5 Å². The highest BCUT2D eigenvalue weighted by molar-refractivity contribution is 7.89. The number of nitrogens with one attached hydrogen (secondary N) is 2. The van der Waals surface area contributed by atoms with Gasteiger partial charge in [0.2, 0.25) is 15.9 Å². The van der Waals surface area contributed by atoms with Crippen LogP contribution in [0.1, 0.15) is 6.92 Å². The number of sulfonamides is 1.